The number of benzene rings is 1. The van der Waals surface area contributed by atoms with Crippen LogP contribution in [0.1, 0.15) is 56.9 Å². The largest absolute Gasteiger partial charge is 0.497 e. The second kappa shape index (κ2) is 8.58. The van der Waals surface area contributed by atoms with Gasteiger partial charge >= 0.3 is 0 Å². The highest BCUT2D eigenvalue weighted by atomic mass is 16.5. The lowest BCUT2D eigenvalue weighted by Gasteiger charge is -2.43. The zero-order chi connectivity index (χ0) is 18.6. The van der Waals surface area contributed by atoms with Crippen LogP contribution in [-0.4, -0.2) is 43.4 Å². The molecular weight excluding hydrogens is 322 g/mol. The van der Waals surface area contributed by atoms with Crippen LogP contribution in [0, 0.1) is 11.8 Å². The minimum absolute atomic E-state index is 0.319. The smallest absolute Gasteiger partial charge is 0.119 e. The van der Waals surface area contributed by atoms with Crippen molar-refractivity contribution in [1.29, 1.82) is 0 Å². The van der Waals surface area contributed by atoms with E-state index in [9.17, 15) is 5.11 Å². The van der Waals surface area contributed by atoms with E-state index in [1.54, 1.807) is 7.11 Å². The monoisotopic (exact) mass is 357 g/mol. The van der Waals surface area contributed by atoms with Gasteiger partial charge in [0.1, 0.15) is 5.75 Å². The molecule has 144 valence electrons. The molecule has 0 saturated heterocycles. The quantitative estimate of drug-likeness (QED) is 0.772. The molecule has 0 heterocycles. The fourth-order valence-electron chi connectivity index (χ4n) is 5.14. The molecule has 2 aliphatic carbocycles. The molecule has 1 N–H and O–H groups in total. The third kappa shape index (κ3) is 4.15. The zero-order valence-corrected chi connectivity index (χ0v) is 16.7. The van der Waals surface area contributed by atoms with Crippen LogP contribution in [0.25, 0.3) is 6.08 Å². The molecule has 1 aromatic carbocycles. The van der Waals surface area contributed by atoms with Gasteiger partial charge in [-0.05, 0) is 75.4 Å². The summed E-state index contributed by atoms with van der Waals surface area (Å²) in [6.07, 6.45) is 11.6. The molecule has 2 fully saturated rings. The Morgan fingerprint density at radius 3 is 2.58 bits per heavy atom. The lowest BCUT2D eigenvalue weighted by Crippen LogP contribution is -2.49. The van der Waals surface area contributed by atoms with Gasteiger partial charge in [-0.2, -0.15) is 0 Å². The number of methoxy groups -OCH3 is 1. The summed E-state index contributed by atoms with van der Waals surface area (Å²) in [5.74, 6) is 1.60. The van der Waals surface area contributed by atoms with E-state index in [4.69, 9.17) is 4.74 Å². The van der Waals surface area contributed by atoms with Crippen molar-refractivity contribution in [3.63, 3.8) is 0 Å². The molecule has 0 bridgehead atoms. The topological polar surface area (TPSA) is 32.7 Å². The molecule has 0 amide bonds. The molecule has 2 unspecified atom stereocenters. The van der Waals surface area contributed by atoms with E-state index in [1.165, 1.54) is 31.3 Å². The fraction of sp³-hybridized carbons (Fsp3) is 0.652. The average Bonchev–Trinajstić information content (AvgIpc) is 3.13. The second-order valence-electron chi connectivity index (χ2n) is 8.46. The predicted molar refractivity (Wildman–Crippen MR) is 108 cm³/mol. The van der Waals surface area contributed by atoms with Gasteiger partial charge in [0.05, 0.1) is 12.7 Å². The van der Waals surface area contributed by atoms with Crippen LogP contribution in [0.3, 0.4) is 0 Å². The van der Waals surface area contributed by atoms with Crippen LogP contribution in [0.15, 0.2) is 29.8 Å². The standard InChI is InChI=1S/C23H35NO2/c1-24(2)17-21-13-7-6-12-20(23(21,25)19-10-4-5-11-19)15-18-9-8-14-22(16-18)26-3/h8-9,14-16,19,21,25H,4-7,10-13,17H2,1-3H3/b20-15+. The third-order valence-corrected chi connectivity index (χ3v) is 6.38. The van der Waals surface area contributed by atoms with Crippen molar-refractivity contribution in [3.8, 4) is 5.75 Å². The van der Waals surface area contributed by atoms with E-state index < -0.39 is 5.60 Å². The van der Waals surface area contributed by atoms with Crippen molar-refractivity contribution in [2.45, 2.75) is 57.0 Å². The Hall–Kier alpha value is -1.32. The molecule has 2 aliphatic rings. The van der Waals surface area contributed by atoms with Crippen LogP contribution in [0.2, 0.25) is 0 Å². The van der Waals surface area contributed by atoms with Crippen molar-refractivity contribution < 1.29 is 9.84 Å². The summed E-state index contributed by atoms with van der Waals surface area (Å²) < 4.78 is 5.40. The van der Waals surface area contributed by atoms with Gasteiger partial charge in [-0.25, -0.2) is 0 Å². The number of hydrogen-bond acceptors (Lipinski definition) is 3. The van der Waals surface area contributed by atoms with Crippen LogP contribution < -0.4 is 4.74 Å². The summed E-state index contributed by atoms with van der Waals surface area (Å²) in [5, 5.41) is 12.2. The maximum Gasteiger partial charge on any atom is 0.119 e. The third-order valence-electron chi connectivity index (χ3n) is 6.38. The molecule has 26 heavy (non-hydrogen) atoms. The number of nitrogens with zero attached hydrogens (tertiary/aromatic N) is 1. The maximum absolute atomic E-state index is 12.2. The van der Waals surface area contributed by atoms with E-state index in [2.05, 4.69) is 37.2 Å². The van der Waals surface area contributed by atoms with Gasteiger partial charge < -0.3 is 14.7 Å². The molecule has 2 atom stereocenters. The van der Waals surface area contributed by atoms with Crippen LogP contribution >= 0.6 is 0 Å². The van der Waals surface area contributed by atoms with E-state index in [1.807, 2.05) is 12.1 Å². The first-order chi connectivity index (χ1) is 12.5. The van der Waals surface area contributed by atoms with E-state index in [0.717, 1.165) is 43.5 Å². The highest BCUT2D eigenvalue weighted by molar-refractivity contribution is 5.57. The lowest BCUT2D eigenvalue weighted by atomic mass is 9.69. The normalized spacial score (nSPS) is 29.3. The van der Waals surface area contributed by atoms with E-state index in [0.29, 0.717) is 11.8 Å². The summed E-state index contributed by atoms with van der Waals surface area (Å²) in [6.45, 7) is 0.961. The summed E-state index contributed by atoms with van der Waals surface area (Å²) in [7, 11) is 5.97. The Labute approximate surface area is 159 Å². The Balaban J connectivity index is 2.01. The number of ether oxygens (including phenoxy) is 1. The average molecular weight is 358 g/mol. The van der Waals surface area contributed by atoms with Crippen molar-refractivity contribution in [3.05, 3.63) is 35.4 Å². The Morgan fingerprint density at radius 1 is 1.15 bits per heavy atom. The fourth-order valence-corrected chi connectivity index (χ4v) is 5.14. The molecule has 2 saturated carbocycles. The molecule has 0 spiro atoms. The molecule has 3 nitrogen and oxygen atoms in total. The molecular formula is C23H35NO2. The van der Waals surface area contributed by atoms with Gasteiger partial charge in [0.25, 0.3) is 0 Å². The highest BCUT2D eigenvalue weighted by Crippen LogP contribution is 2.48. The van der Waals surface area contributed by atoms with Crippen LogP contribution in [0.4, 0.5) is 0 Å². The zero-order valence-electron chi connectivity index (χ0n) is 16.7. The van der Waals surface area contributed by atoms with E-state index >= 15 is 0 Å². The SMILES string of the molecule is COc1cccc(/C=C2\CCCCC(CN(C)C)C2(O)C2CCCC2)c1. The molecule has 3 rings (SSSR count). The summed E-state index contributed by atoms with van der Waals surface area (Å²) in [6, 6.07) is 8.21. The first-order valence-corrected chi connectivity index (χ1v) is 10.3. The first-order valence-electron chi connectivity index (χ1n) is 10.3. The van der Waals surface area contributed by atoms with Crippen molar-refractivity contribution in [2.24, 2.45) is 11.8 Å². The number of rotatable bonds is 5. The molecule has 0 radical (unpaired) electrons. The van der Waals surface area contributed by atoms with Crippen molar-refractivity contribution in [1.82, 2.24) is 4.90 Å². The minimum Gasteiger partial charge on any atom is -0.497 e. The van der Waals surface area contributed by atoms with Gasteiger partial charge in [-0.3, -0.25) is 0 Å². The van der Waals surface area contributed by atoms with Gasteiger partial charge in [0.2, 0.25) is 0 Å². The van der Waals surface area contributed by atoms with Crippen LogP contribution in [-0.2, 0) is 0 Å². The van der Waals surface area contributed by atoms with Gasteiger partial charge in [-0.1, -0.05) is 37.5 Å². The highest BCUT2D eigenvalue weighted by Gasteiger charge is 2.47. The first kappa shape index (κ1) is 19.4. The van der Waals surface area contributed by atoms with Gasteiger partial charge in [0, 0.05) is 12.5 Å². The van der Waals surface area contributed by atoms with E-state index in [-0.39, 0.29) is 0 Å². The summed E-state index contributed by atoms with van der Waals surface area (Å²) >= 11 is 0. The van der Waals surface area contributed by atoms with Gasteiger partial charge in [-0.15, -0.1) is 0 Å². The maximum atomic E-state index is 12.2. The predicted octanol–water partition coefficient (Wildman–Crippen LogP) is 4.75. The Bertz CT molecular complexity index is 618. The Kier molecular flexibility index (Phi) is 6.42. The van der Waals surface area contributed by atoms with Crippen LogP contribution in [0.5, 0.6) is 5.75 Å². The second-order valence-corrected chi connectivity index (χ2v) is 8.46. The minimum atomic E-state index is -0.666. The van der Waals surface area contributed by atoms with Crippen molar-refractivity contribution >= 4 is 6.08 Å². The molecule has 1 aromatic rings. The van der Waals surface area contributed by atoms with Crippen molar-refractivity contribution in [2.75, 3.05) is 27.7 Å². The molecule has 0 aromatic heterocycles. The molecule has 3 heteroatoms. The Morgan fingerprint density at radius 2 is 1.88 bits per heavy atom. The molecule has 0 aliphatic heterocycles. The summed E-state index contributed by atoms with van der Waals surface area (Å²) in [4.78, 5) is 2.25. The lowest BCUT2D eigenvalue weighted by molar-refractivity contribution is -0.0432. The number of aliphatic hydroxyl groups is 1. The number of hydrogen-bond donors (Lipinski definition) is 1. The summed E-state index contributed by atoms with van der Waals surface area (Å²) in [5.41, 5.74) is 1.73. The van der Waals surface area contributed by atoms with Gasteiger partial charge in [0.15, 0.2) is 0 Å².